The van der Waals surface area contributed by atoms with E-state index < -0.39 is 5.60 Å². The molecule has 0 aromatic heterocycles. The van der Waals surface area contributed by atoms with Crippen LogP contribution in [-0.2, 0) is 4.74 Å². The third-order valence-corrected chi connectivity index (χ3v) is 2.18. The lowest BCUT2D eigenvalue weighted by molar-refractivity contribution is -0.0938. The molecule has 0 spiro atoms. The van der Waals surface area contributed by atoms with Gasteiger partial charge in [-0.1, -0.05) is 6.92 Å². The minimum absolute atomic E-state index is 0.284. The molecule has 1 heterocycles. The number of aliphatic hydroxyl groups is 1. The normalized spacial score (nSPS) is 45.0. The van der Waals surface area contributed by atoms with Gasteiger partial charge >= 0.3 is 0 Å². The van der Waals surface area contributed by atoms with Gasteiger partial charge in [-0.15, -0.1) is 0 Å². The van der Waals surface area contributed by atoms with Crippen LogP contribution in [0.4, 0.5) is 0 Å². The Morgan fingerprint density at radius 3 is 2.67 bits per heavy atom. The van der Waals surface area contributed by atoms with Crippen molar-refractivity contribution in [2.24, 2.45) is 5.92 Å². The van der Waals surface area contributed by atoms with Crippen molar-refractivity contribution in [2.45, 2.75) is 25.9 Å². The predicted octanol–water partition coefficient (Wildman–Crippen LogP) is 0.794. The Hall–Kier alpha value is -0.0800. The minimum atomic E-state index is -0.488. The van der Waals surface area contributed by atoms with Crippen molar-refractivity contribution in [3.63, 3.8) is 0 Å². The molecule has 1 rings (SSSR count). The van der Waals surface area contributed by atoms with E-state index in [9.17, 15) is 5.11 Å². The second-order valence-electron chi connectivity index (χ2n) is 3.08. The maximum absolute atomic E-state index is 9.56. The molecular weight excluding hydrogens is 116 g/mol. The van der Waals surface area contributed by atoms with Crippen molar-refractivity contribution in [3.05, 3.63) is 0 Å². The van der Waals surface area contributed by atoms with Crippen LogP contribution in [0.1, 0.15) is 20.3 Å². The van der Waals surface area contributed by atoms with Gasteiger partial charge in [-0.2, -0.15) is 0 Å². The molecule has 1 fully saturated rings. The van der Waals surface area contributed by atoms with Crippen molar-refractivity contribution >= 4 is 0 Å². The third-order valence-electron chi connectivity index (χ3n) is 2.18. The van der Waals surface area contributed by atoms with Gasteiger partial charge in [0, 0.05) is 12.5 Å². The van der Waals surface area contributed by atoms with E-state index in [1.807, 2.05) is 13.8 Å². The Bertz CT molecular complexity index is 99.1. The van der Waals surface area contributed by atoms with E-state index in [0.29, 0.717) is 13.2 Å². The van der Waals surface area contributed by atoms with Gasteiger partial charge in [-0.25, -0.2) is 0 Å². The molecule has 0 radical (unpaired) electrons. The summed E-state index contributed by atoms with van der Waals surface area (Å²) in [4.78, 5) is 0. The van der Waals surface area contributed by atoms with Crippen LogP contribution in [0.15, 0.2) is 0 Å². The topological polar surface area (TPSA) is 29.5 Å². The van der Waals surface area contributed by atoms with Crippen LogP contribution < -0.4 is 0 Å². The van der Waals surface area contributed by atoms with Crippen LogP contribution in [0.2, 0.25) is 0 Å². The molecule has 0 amide bonds. The summed E-state index contributed by atoms with van der Waals surface area (Å²) in [6.07, 6.45) is 0.772. The molecule has 0 aromatic carbocycles. The van der Waals surface area contributed by atoms with Gasteiger partial charge in [0.15, 0.2) is 0 Å². The number of rotatable bonds is 0. The summed E-state index contributed by atoms with van der Waals surface area (Å²) in [5.74, 6) is 0.284. The second-order valence-corrected chi connectivity index (χ2v) is 3.08. The monoisotopic (exact) mass is 130 g/mol. The zero-order chi connectivity index (χ0) is 6.91. The molecular formula is C7H14O2. The van der Waals surface area contributed by atoms with E-state index in [-0.39, 0.29) is 5.92 Å². The van der Waals surface area contributed by atoms with Gasteiger partial charge in [-0.05, 0) is 13.3 Å². The molecule has 0 aliphatic carbocycles. The summed E-state index contributed by atoms with van der Waals surface area (Å²) in [6, 6.07) is 0. The van der Waals surface area contributed by atoms with Crippen molar-refractivity contribution in [3.8, 4) is 0 Å². The molecule has 0 saturated carbocycles. The van der Waals surface area contributed by atoms with Gasteiger partial charge in [0.25, 0.3) is 0 Å². The first kappa shape index (κ1) is 7.03. The molecule has 2 heteroatoms. The zero-order valence-electron chi connectivity index (χ0n) is 6.05. The van der Waals surface area contributed by atoms with Crippen LogP contribution in [-0.4, -0.2) is 23.9 Å². The molecule has 1 saturated heterocycles. The molecule has 1 N–H and O–H groups in total. The van der Waals surface area contributed by atoms with Crippen molar-refractivity contribution < 1.29 is 9.84 Å². The Labute approximate surface area is 55.8 Å². The van der Waals surface area contributed by atoms with E-state index in [2.05, 4.69) is 0 Å². The van der Waals surface area contributed by atoms with E-state index in [0.717, 1.165) is 6.42 Å². The lowest BCUT2D eigenvalue weighted by Gasteiger charge is -2.34. The molecule has 2 atom stereocenters. The predicted molar refractivity (Wildman–Crippen MR) is 35.2 cm³/mol. The molecule has 0 unspecified atom stereocenters. The van der Waals surface area contributed by atoms with E-state index >= 15 is 0 Å². The molecule has 2 nitrogen and oxygen atoms in total. The van der Waals surface area contributed by atoms with Crippen LogP contribution in [0.25, 0.3) is 0 Å². The van der Waals surface area contributed by atoms with Crippen molar-refractivity contribution in [1.82, 2.24) is 0 Å². The highest BCUT2D eigenvalue weighted by molar-refractivity contribution is 4.81. The number of hydrogen-bond donors (Lipinski definition) is 1. The first-order chi connectivity index (χ1) is 4.13. The maximum Gasteiger partial charge on any atom is 0.0689 e. The van der Waals surface area contributed by atoms with E-state index in [1.165, 1.54) is 0 Å². The summed E-state index contributed by atoms with van der Waals surface area (Å²) in [5, 5.41) is 9.56. The summed E-state index contributed by atoms with van der Waals surface area (Å²) in [5.41, 5.74) is -0.488. The van der Waals surface area contributed by atoms with Crippen LogP contribution in [0.3, 0.4) is 0 Å². The Balaban J connectivity index is 2.49. The molecule has 54 valence electrons. The van der Waals surface area contributed by atoms with E-state index in [4.69, 9.17) is 4.74 Å². The zero-order valence-corrected chi connectivity index (χ0v) is 6.05. The van der Waals surface area contributed by atoms with Gasteiger partial charge in [0.2, 0.25) is 0 Å². The van der Waals surface area contributed by atoms with Crippen LogP contribution in [0.5, 0.6) is 0 Å². The minimum Gasteiger partial charge on any atom is -0.390 e. The molecule has 9 heavy (non-hydrogen) atoms. The highest BCUT2D eigenvalue weighted by Crippen LogP contribution is 2.24. The Kier molecular flexibility index (Phi) is 1.78. The quantitative estimate of drug-likeness (QED) is 0.525. The highest BCUT2D eigenvalue weighted by atomic mass is 16.5. The largest absolute Gasteiger partial charge is 0.390 e. The maximum atomic E-state index is 9.56. The Morgan fingerprint density at radius 1 is 1.67 bits per heavy atom. The lowest BCUT2D eigenvalue weighted by atomic mass is 9.87. The molecule has 1 aliphatic rings. The van der Waals surface area contributed by atoms with Crippen LogP contribution in [0, 0.1) is 5.92 Å². The summed E-state index contributed by atoms with van der Waals surface area (Å²) >= 11 is 0. The molecule has 0 aromatic rings. The number of ether oxygens (including phenoxy) is 1. The van der Waals surface area contributed by atoms with Gasteiger partial charge < -0.3 is 9.84 Å². The SMILES string of the molecule is C[C@@H]1COCC[C@@]1(C)O. The first-order valence-electron chi connectivity index (χ1n) is 3.43. The van der Waals surface area contributed by atoms with Gasteiger partial charge in [0.05, 0.1) is 12.2 Å². The standard InChI is InChI=1S/C7H14O2/c1-6-5-9-4-3-7(6,2)8/h6,8H,3-5H2,1-2H3/t6-,7-/m1/s1. The smallest absolute Gasteiger partial charge is 0.0689 e. The molecule has 1 aliphatic heterocycles. The molecule has 0 bridgehead atoms. The fourth-order valence-electron chi connectivity index (χ4n) is 0.965. The second kappa shape index (κ2) is 2.27. The highest BCUT2D eigenvalue weighted by Gasteiger charge is 2.31. The fraction of sp³-hybridized carbons (Fsp3) is 1.00. The van der Waals surface area contributed by atoms with Crippen molar-refractivity contribution in [1.29, 1.82) is 0 Å². The average Bonchev–Trinajstić information content (AvgIpc) is 1.77. The van der Waals surface area contributed by atoms with Crippen molar-refractivity contribution in [2.75, 3.05) is 13.2 Å². The van der Waals surface area contributed by atoms with Crippen LogP contribution >= 0.6 is 0 Å². The van der Waals surface area contributed by atoms with Gasteiger partial charge in [0.1, 0.15) is 0 Å². The lowest BCUT2D eigenvalue weighted by Crippen LogP contribution is -2.40. The fourth-order valence-corrected chi connectivity index (χ4v) is 0.965. The van der Waals surface area contributed by atoms with E-state index in [1.54, 1.807) is 0 Å². The third kappa shape index (κ3) is 1.43. The summed E-state index contributed by atoms with van der Waals surface area (Å²) < 4.78 is 5.16. The average molecular weight is 130 g/mol. The first-order valence-corrected chi connectivity index (χ1v) is 3.43. The summed E-state index contributed by atoms with van der Waals surface area (Å²) in [6.45, 7) is 5.30. The summed E-state index contributed by atoms with van der Waals surface area (Å²) in [7, 11) is 0. The Morgan fingerprint density at radius 2 is 2.33 bits per heavy atom. The van der Waals surface area contributed by atoms with Gasteiger partial charge in [-0.3, -0.25) is 0 Å². The number of hydrogen-bond acceptors (Lipinski definition) is 2.